The van der Waals surface area contributed by atoms with Crippen molar-refractivity contribution in [2.75, 3.05) is 6.61 Å². The summed E-state index contributed by atoms with van der Waals surface area (Å²) in [7, 11) is 0. The molecule has 0 saturated carbocycles. The summed E-state index contributed by atoms with van der Waals surface area (Å²) < 4.78 is 7.06. The van der Waals surface area contributed by atoms with Gasteiger partial charge >= 0.3 is 5.97 Å². The number of hydrogen-bond acceptors (Lipinski definition) is 5. The number of ether oxygens (including phenoxy) is 1. The molecule has 0 bridgehead atoms. The number of aliphatic hydroxyl groups is 1. The number of rotatable bonds is 5. The SMILES string of the molecule is CCOC(=O)[C@](O)(Cn1cncn1)c1ccc(Br)cc1Cl. The lowest BCUT2D eigenvalue weighted by Gasteiger charge is -2.27. The second kappa shape index (κ2) is 6.55. The molecule has 0 aliphatic heterocycles. The van der Waals surface area contributed by atoms with Gasteiger partial charge in [0.15, 0.2) is 0 Å². The molecule has 0 unspecified atom stereocenters. The Labute approximate surface area is 134 Å². The van der Waals surface area contributed by atoms with Gasteiger partial charge in [0.2, 0.25) is 5.60 Å². The minimum absolute atomic E-state index is 0.145. The van der Waals surface area contributed by atoms with Crippen LogP contribution >= 0.6 is 27.5 Å². The van der Waals surface area contributed by atoms with E-state index < -0.39 is 11.6 Å². The van der Waals surface area contributed by atoms with E-state index in [1.165, 1.54) is 17.3 Å². The summed E-state index contributed by atoms with van der Waals surface area (Å²) >= 11 is 9.44. The Morgan fingerprint density at radius 1 is 1.57 bits per heavy atom. The summed E-state index contributed by atoms with van der Waals surface area (Å²) in [6.45, 7) is 1.66. The van der Waals surface area contributed by atoms with Crippen molar-refractivity contribution in [2.45, 2.75) is 19.1 Å². The average Bonchev–Trinajstić information content (AvgIpc) is 2.91. The van der Waals surface area contributed by atoms with Gasteiger partial charge in [-0.15, -0.1) is 0 Å². The molecule has 21 heavy (non-hydrogen) atoms. The number of carbonyl (C=O) groups is 1. The molecule has 1 aromatic heterocycles. The fourth-order valence-electron chi connectivity index (χ4n) is 1.88. The molecular weight excluding hydrogens is 362 g/mol. The van der Waals surface area contributed by atoms with Crippen LogP contribution in [0.3, 0.4) is 0 Å². The lowest BCUT2D eigenvalue weighted by atomic mass is 9.93. The molecule has 0 aliphatic carbocycles. The molecule has 0 saturated heterocycles. The van der Waals surface area contributed by atoms with Crippen LogP contribution in [0.4, 0.5) is 0 Å². The molecule has 0 amide bonds. The molecule has 0 aliphatic rings. The second-order valence-corrected chi connectivity index (χ2v) is 5.62. The van der Waals surface area contributed by atoms with Crippen LogP contribution in [-0.2, 0) is 21.7 Å². The Kier molecular flexibility index (Phi) is 4.97. The fraction of sp³-hybridized carbons (Fsp3) is 0.308. The first-order chi connectivity index (χ1) is 9.97. The second-order valence-electron chi connectivity index (χ2n) is 4.30. The molecule has 0 spiro atoms. The molecular formula is C13H13BrClN3O3. The smallest absolute Gasteiger partial charge is 0.344 e. The summed E-state index contributed by atoms with van der Waals surface area (Å²) in [6, 6.07) is 4.86. The molecule has 1 N–H and O–H groups in total. The van der Waals surface area contributed by atoms with Gasteiger partial charge in [0.1, 0.15) is 12.7 Å². The first-order valence-electron chi connectivity index (χ1n) is 6.15. The van der Waals surface area contributed by atoms with Gasteiger partial charge in [-0.2, -0.15) is 5.10 Å². The number of aromatic nitrogens is 3. The number of carbonyl (C=O) groups excluding carboxylic acids is 1. The number of hydrogen-bond donors (Lipinski definition) is 1. The maximum absolute atomic E-state index is 12.2. The summed E-state index contributed by atoms with van der Waals surface area (Å²) in [4.78, 5) is 16.0. The summed E-state index contributed by atoms with van der Waals surface area (Å²) in [6.07, 6.45) is 2.71. The minimum atomic E-state index is -1.94. The van der Waals surface area contributed by atoms with E-state index in [1.807, 2.05) is 0 Å². The highest BCUT2D eigenvalue weighted by Crippen LogP contribution is 2.33. The largest absolute Gasteiger partial charge is 0.464 e. The molecule has 6 nitrogen and oxygen atoms in total. The van der Waals surface area contributed by atoms with Crippen LogP contribution in [0.15, 0.2) is 35.3 Å². The van der Waals surface area contributed by atoms with Crippen molar-refractivity contribution in [3.8, 4) is 0 Å². The fourth-order valence-corrected chi connectivity index (χ4v) is 2.71. The van der Waals surface area contributed by atoms with Crippen LogP contribution in [0.5, 0.6) is 0 Å². The lowest BCUT2D eigenvalue weighted by Crippen LogP contribution is -2.42. The van der Waals surface area contributed by atoms with E-state index in [2.05, 4.69) is 26.0 Å². The van der Waals surface area contributed by atoms with Crippen molar-refractivity contribution >= 4 is 33.5 Å². The van der Waals surface area contributed by atoms with E-state index in [-0.39, 0.29) is 23.7 Å². The predicted octanol–water partition coefficient (Wildman–Crippen LogP) is 2.14. The zero-order valence-electron chi connectivity index (χ0n) is 11.2. The maximum Gasteiger partial charge on any atom is 0.344 e. The van der Waals surface area contributed by atoms with E-state index in [4.69, 9.17) is 16.3 Å². The Morgan fingerprint density at radius 3 is 2.90 bits per heavy atom. The number of nitrogens with zero attached hydrogens (tertiary/aromatic N) is 3. The number of halogens is 2. The standard InChI is InChI=1S/C13H13BrClN3O3/c1-2-21-12(19)13(20,6-18-8-16-7-17-18)10-4-3-9(14)5-11(10)15/h3-5,7-8,20H,2,6H2,1H3/t13-/m0/s1. The highest BCUT2D eigenvalue weighted by Gasteiger charge is 2.42. The Bertz CT molecular complexity index is 636. The van der Waals surface area contributed by atoms with Gasteiger partial charge in [-0.05, 0) is 19.1 Å². The number of benzene rings is 1. The van der Waals surface area contributed by atoms with E-state index in [1.54, 1.807) is 25.1 Å². The van der Waals surface area contributed by atoms with Gasteiger partial charge in [0, 0.05) is 15.1 Å². The third-order valence-electron chi connectivity index (χ3n) is 2.85. The van der Waals surface area contributed by atoms with Crippen molar-refractivity contribution in [3.05, 3.63) is 45.9 Å². The summed E-state index contributed by atoms with van der Waals surface area (Å²) in [5.74, 6) is -0.787. The van der Waals surface area contributed by atoms with Crippen molar-refractivity contribution in [1.82, 2.24) is 14.8 Å². The van der Waals surface area contributed by atoms with E-state index >= 15 is 0 Å². The van der Waals surface area contributed by atoms with Crippen LogP contribution < -0.4 is 0 Å². The lowest BCUT2D eigenvalue weighted by molar-refractivity contribution is -0.168. The van der Waals surface area contributed by atoms with E-state index in [0.29, 0.717) is 0 Å². The van der Waals surface area contributed by atoms with Crippen LogP contribution in [0.25, 0.3) is 0 Å². The van der Waals surface area contributed by atoms with Gasteiger partial charge in [0.25, 0.3) is 0 Å². The molecule has 1 aromatic carbocycles. The third-order valence-corrected chi connectivity index (χ3v) is 3.65. The molecule has 0 radical (unpaired) electrons. The maximum atomic E-state index is 12.2. The summed E-state index contributed by atoms with van der Waals surface area (Å²) in [5, 5.41) is 15.0. The van der Waals surface area contributed by atoms with Gasteiger partial charge < -0.3 is 9.84 Å². The molecule has 1 heterocycles. The molecule has 2 aromatic rings. The third kappa shape index (κ3) is 3.42. The molecule has 2 rings (SSSR count). The van der Waals surface area contributed by atoms with E-state index in [9.17, 15) is 9.90 Å². The molecule has 112 valence electrons. The van der Waals surface area contributed by atoms with Crippen molar-refractivity contribution in [2.24, 2.45) is 0 Å². The van der Waals surface area contributed by atoms with Crippen molar-refractivity contribution < 1.29 is 14.6 Å². The van der Waals surface area contributed by atoms with Crippen LogP contribution in [0.1, 0.15) is 12.5 Å². The average molecular weight is 375 g/mol. The van der Waals surface area contributed by atoms with Gasteiger partial charge in [-0.3, -0.25) is 0 Å². The van der Waals surface area contributed by atoms with Gasteiger partial charge in [-0.1, -0.05) is 33.6 Å². The Morgan fingerprint density at radius 2 is 2.33 bits per heavy atom. The van der Waals surface area contributed by atoms with Crippen LogP contribution in [-0.4, -0.2) is 32.4 Å². The van der Waals surface area contributed by atoms with Crippen LogP contribution in [0.2, 0.25) is 5.02 Å². The normalized spacial score (nSPS) is 13.7. The molecule has 8 heteroatoms. The quantitative estimate of drug-likeness (QED) is 0.812. The highest BCUT2D eigenvalue weighted by atomic mass is 79.9. The van der Waals surface area contributed by atoms with E-state index in [0.717, 1.165) is 4.47 Å². The molecule has 0 fully saturated rings. The first-order valence-corrected chi connectivity index (χ1v) is 7.32. The van der Waals surface area contributed by atoms with Crippen molar-refractivity contribution in [3.63, 3.8) is 0 Å². The highest BCUT2D eigenvalue weighted by molar-refractivity contribution is 9.10. The monoisotopic (exact) mass is 373 g/mol. The van der Waals surface area contributed by atoms with Gasteiger partial charge in [0.05, 0.1) is 13.2 Å². The van der Waals surface area contributed by atoms with Crippen molar-refractivity contribution in [1.29, 1.82) is 0 Å². The Balaban J connectivity index is 2.46. The predicted molar refractivity (Wildman–Crippen MR) is 79.7 cm³/mol. The zero-order valence-corrected chi connectivity index (χ0v) is 13.5. The molecule has 1 atom stereocenters. The minimum Gasteiger partial charge on any atom is -0.464 e. The topological polar surface area (TPSA) is 77.2 Å². The van der Waals surface area contributed by atoms with Crippen LogP contribution in [0, 0.1) is 0 Å². The first kappa shape index (κ1) is 15.9. The Hall–Kier alpha value is -1.44. The zero-order chi connectivity index (χ0) is 15.5. The van der Waals surface area contributed by atoms with Gasteiger partial charge in [-0.25, -0.2) is 14.5 Å². The number of esters is 1. The summed E-state index contributed by atoms with van der Waals surface area (Å²) in [5.41, 5.74) is -1.69.